The second-order valence-electron chi connectivity index (χ2n) is 2.42. The Morgan fingerprint density at radius 1 is 1.58 bits per heavy atom. The van der Waals surface area contributed by atoms with E-state index in [1.165, 1.54) is 0 Å². The van der Waals surface area contributed by atoms with Gasteiger partial charge in [-0.15, -0.1) is 0 Å². The molecule has 0 bridgehead atoms. The van der Waals surface area contributed by atoms with E-state index in [-0.39, 0.29) is 0 Å². The topological polar surface area (TPSA) is 66.7 Å². The Kier molecular flexibility index (Phi) is 1.55. The van der Waals surface area contributed by atoms with E-state index >= 15 is 0 Å². The van der Waals surface area contributed by atoms with Crippen LogP contribution in [0.2, 0.25) is 0 Å². The van der Waals surface area contributed by atoms with Crippen LogP contribution in [0.4, 0.5) is 11.6 Å². The highest BCUT2D eigenvalue weighted by molar-refractivity contribution is 5.49. The van der Waals surface area contributed by atoms with Crippen LogP contribution in [0.1, 0.15) is 5.76 Å². The average molecular weight is 164 g/mol. The molecule has 5 heteroatoms. The second-order valence-corrected chi connectivity index (χ2v) is 2.42. The first-order chi connectivity index (χ1) is 5.84. The molecule has 0 aliphatic carbocycles. The molecule has 0 radical (unpaired) electrons. The van der Waals surface area contributed by atoms with Crippen molar-refractivity contribution in [2.45, 2.75) is 6.92 Å². The monoisotopic (exact) mass is 164 g/mol. The number of nitrogens with zero attached hydrogens (tertiary/aromatic N) is 2. The van der Waals surface area contributed by atoms with E-state index in [1.807, 2.05) is 13.0 Å². The number of H-pyrrole nitrogens is 1. The Labute approximate surface area is 68.8 Å². The van der Waals surface area contributed by atoms with E-state index in [0.29, 0.717) is 5.82 Å². The third-order valence-electron chi connectivity index (χ3n) is 1.39. The Morgan fingerprint density at radius 3 is 3.08 bits per heavy atom. The normalized spacial score (nSPS) is 10.1. The molecule has 2 heterocycles. The van der Waals surface area contributed by atoms with Crippen molar-refractivity contribution >= 4 is 11.6 Å². The maximum atomic E-state index is 4.87. The number of hydrogen-bond acceptors (Lipinski definition) is 4. The van der Waals surface area contributed by atoms with Crippen LogP contribution in [0.3, 0.4) is 0 Å². The van der Waals surface area contributed by atoms with Crippen LogP contribution in [0.5, 0.6) is 0 Å². The van der Waals surface area contributed by atoms with Gasteiger partial charge in [-0.3, -0.25) is 5.10 Å². The fourth-order valence-corrected chi connectivity index (χ4v) is 0.889. The van der Waals surface area contributed by atoms with Gasteiger partial charge < -0.3 is 9.84 Å². The molecule has 0 fully saturated rings. The van der Waals surface area contributed by atoms with E-state index in [2.05, 4.69) is 20.7 Å². The quantitative estimate of drug-likeness (QED) is 0.704. The fourth-order valence-electron chi connectivity index (χ4n) is 0.889. The van der Waals surface area contributed by atoms with Gasteiger partial charge in [0, 0.05) is 12.1 Å². The number of aryl methyl sites for hydroxylation is 1. The van der Waals surface area contributed by atoms with Crippen LogP contribution in [-0.4, -0.2) is 15.4 Å². The van der Waals surface area contributed by atoms with Gasteiger partial charge in [0.2, 0.25) is 0 Å². The SMILES string of the molecule is Cc1cc(Nc2ccn[nH]2)no1. The summed E-state index contributed by atoms with van der Waals surface area (Å²) in [5.41, 5.74) is 0. The third kappa shape index (κ3) is 1.29. The summed E-state index contributed by atoms with van der Waals surface area (Å²) in [4.78, 5) is 0. The van der Waals surface area contributed by atoms with Crippen LogP contribution in [-0.2, 0) is 0 Å². The summed E-state index contributed by atoms with van der Waals surface area (Å²) in [5, 5.41) is 13.3. The number of nitrogens with one attached hydrogen (secondary N) is 2. The summed E-state index contributed by atoms with van der Waals surface area (Å²) < 4.78 is 4.87. The van der Waals surface area contributed by atoms with Crippen molar-refractivity contribution in [1.82, 2.24) is 15.4 Å². The number of aromatic nitrogens is 3. The molecule has 0 aliphatic rings. The first kappa shape index (κ1) is 6.90. The maximum Gasteiger partial charge on any atom is 0.175 e. The van der Waals surface area contributed by atoms with Gasteiger partial charge in [0.05, 0.1) is 6.20 Å². The molecule has 5 nitrogen and oxygen atoms in total. The highest BCUT2D eigenvalue weighted by Crippen LogP contribution is 2.12. The summed E-state index contributed by atoms with van der Waals surface area (Å²) in [6.07, 6.45) is 1.66. The van der Waals surface area contributed by atoms with Crippen molar-refractivity contribution in [3.05, 3.63) is 24.1 Å². The Bertz CT molecular complexity index is 351. The molecule has 0 aliphatic heterocycles. The van der Waals surface area contributed by atoms with E-state index in [1.54, 1.807) is 12.3 Å². The smallest absolute Gasteiger partial charge is 0.175 e. The van der Waals surface area contributed by atoms with Crippen molar-refractivity contribution in [1.29, 1.82) is 0 Å². The first-order valence-corrected chi connectivity index (χ1v) is 3.54. The van der Waals surface area contributed by atoms with Gasteiger partial charge in [-0.1, -0.05) is 5.16 Å². The Hall–Kier alpha value is -1.78. The van der Waals surface area contributed by atoms with Crippen LogP contribution in [0, 0.1) is 6.92 Å². The molecule has 2 aromatic rings. The summed E-state index contributed by atoms with van der Waals surface area (Å²) in [5.74, 6) is 2.25. The second kappa shape index (κ2) is 2.69. The lowest BCUT2D eigenvalue weighted by Crippen LogP contribution is -1.89. The standard InChI is InChI=1S/C7H8N4O/c1-5-4-7(11-12-5)9-6-2-3-8-10-6/h2-4H,1H3,(H2,8,9,10,11). The zero-order valence-electron chi connectivity index (χ0n) is 6.53. The van der Waals surface area contributed by atoms with E-state index in [0.717, 1.165) is 11.6 Å². The highest BCUT2D eigenvalue weighted by atomic mass is 16.5. The fraction of sp³-hybridized carbons (Fsp3) is 0.143. The van der Waals surface area contributed by atoms with Crippen LogP contribution in [0.15, 0.2) is 22.9 Å². The Balaban J connectivity index is 2.14. The van der Waals surface area contributed by atoms with Crippen molar-refractivity contribution in [3.63, 3.8) is 0 Å². The molecular weight excluding hydrogens is 156 g/mol. The number of aromatic amines is 1. The van der Waals surface area contributed by atoms with E-state index in [9.17, 15) is 0 Å². The van der Waals surface area contributed by atoms with Crippen molar-refractivity contribution in [2.24, 2.45) is 0 Å². The predicted octanol–water partition coefficient (Wildman–Crippen LogP) is 1.45. The van der Waals surface area contributed by atoms with Gasteiger partial charge in [-0.25, -0.2) is 0 Å². The van der Waals surface area contributed by atoms with Gasteiger partial charge in [-0.2, -0.15) is 5.10 Å². The van der Waals surface area contributed by atoms with Crippen LogP contribution in [0.25, 0.3) is 0 Å². The molecule has 2 rings (SSSR count). The molecular formula is C7H8N4O. The molecule has 2 N–H and O–H groups in total. The molecule has 0 spiro atoms. The van der Waals surface area contributed by atoms with Crippen LogP contribution >= 0.6 is 0 Å². The first-order valence-electron chi connectivity index (χ1n) is 3.54. The third-order valence-corrected chi connectivity index (χ3v) is 1.39. The average Bonchev–Trinajstić information content (AvgIpc) is 2.63. The lowest BCUT2D eigenvalue weighted by molar-refractivity contribution is 0.400. The minimum atomic E-state index is 0.678. The number of hydrogen-bond donors (Lipinski definition) is 2. The number of anilines is 2. The minimum absolute atomic E-state index is 0.678. The molecule has 62 valence electrons. The molecule has 2 aromatic heterocycles. The largest absolute Gasteiger partial charge is 0.360 e. The van der Waals surface area contributed by atoms with Gasteiger partial charge >= 0.3 is 0 Å². The van der Waals surface area contributed by atoms with E-state index < -0.39 is 0 Å². The number of rotatable bonds is 2. The van der Waals surface area contributed by atoms with Crippen molar-refractivity contribution in [3.8, 4) is 0 Å². The Morgan fingerprint density at radius 2 is 2.50 bits per heavy atom. The molecule has 0 atom stereocenters. The van der Waals surface area contributed by atoms with Crippen molar-refractivity contribution in [2.75, 3.05) is 5.32 Å². The maximum absolute atomic E-state index is 4.87. The zero-order chi connectivity index (χ0) is 8.39. The van der Waals surface area contributed by atoms with Crippen molar-refractivity contribution < 1.29 is 4.52 Å². The summed E-state index contributed by atoms with van der Waals surface area (Å²) in [7, 11) is 0. The summed E-state index contributed by atoms with van der Waals surface area (Å²) in [6.45, 7) is 1.84. The van der Waals surface area contributed by atoms with Crippen LogP contribution < -0.4 is 5.32 Å². The van der Waals surface area contributed by atoms with E-state index in [4.69, 9.17) is 4.52 Å². The van der Waals surface area contributed by atoms with Gasteiger partial charge in [-0.05, 0) is 6.92 Å². The van der Waals surface area contributed by atoms with Gasteiger partial charge in [0.1, 0.15) is 11.6 Å². The predicted molar refractivity (Wildman–Crippen MR) is 43.1 cm³/mol. The van der Waals surface area contributed by atoms with Gasteiger partial charge in [0.25, 0.3) is 0 Å². The van der Waals surface area contributed by atoms with Gasteiger partial charge in [0.15, 0.2) is 5.82 Å². The summed E-state index contributed by atoms with van der Waals surface area (Å²) in [6, 6.07) is 3.62. The zero-order valence-corrected chi connectivity index (χ0v) is 6.53. The lowest BCUT2D eigenvalue weighted by atomic mass is 10.5. The highest BCUT2D eigenvalue weighted by Gasteiger charge is 1.99. The molecule has 0 amide bonds. The lowest BCUT2D eigenvalue weighted by Gasteiger charge is -1.93. The molecule has 0 saturated heterocycles. The molecule has 0 unspecified atom stereocenters. The molecule has 0 aromatic carbocycles. The minimum Gasteiger partial charge on any atom is -0.360 e. The molecule has 12 heavy (non-hydrogen) atoms. The summed E-state index contributed by atoms with van der Waals surface area (Å²) >= 11 is 0. The molecule has 0 saturated carbocycles.